The first kappa shape index (κ1) is 14.5. The van der Waals surface area contributed by atoms with Gasteiger partial charge in [-0.25, -0.2) is 0 Å². The van der Waals surface area contributed by atoms with Gasteiger partial charge in [-0.2, -0.15) is 4.98 Å². The minimum Gasteiger partial charge on any atom is -0.339 e. The lowest BCUT2D eigenvalue weighted by molar-refractivity contribution is 0.102. The van der Waals surface area contributed by atoms with Gasteiger partial charge in [-0.15, -0.1) is 0 Å². The first-order valence-electron chi connectivity index (χ1n) is 6.59. The van der Waals surface area contributed by atoms with Gasteiger partial charge >= 0.3 is 0 Å². The number of carbonyl (C=O) groups is 1. The Morgan fingerprint density at radius 2 is 1.95 bits per heavy atom. The van der Waals surface area contributed by atoms with Crippen LogP contribution in [0.5, 0.6) is 0 Å². The minimum atomic E-state index is -0.172. The third-order valence-corrected chi connectivity index (χ3v) is 3.54. The Kier molecular flexibility index (Phi) is 4.02. The number of hydrogen-bond donors (Lipinski definition) is 1. The van der Waals surface area contributed by atoms with E-state index in [1.807, 2.05) is 30.3 Å². The number of amides is 1. The van der Waals surface area contributed by atoms with Crippen molar-refractivity contribution in [2.75, 3.05) is 5.32 Å². The van der Waals surface area contributed by atoms with E-state index in [1.54, 1.807) is 25.1 Å². The molecule has 6 heteroatoms. The van der Waals surface area contributed by atoms with Crippen molar-refractivity contribution >= 4 is 27.5 Å². The molecule has 0 atom stereocenters. The van der Waals surface area contributed by atoms with Gasteiger partial charge < -0.3 is 9.84 Å². The average Bonchev–Trinajstić information content (AvgIpc) is 2.95. The summed E-state index contributed by atoms with van der Waals surface area (Å²) in [5, 5.41) is 6.72. The third-order valence-electron chi connectivity index (χ3n) is 3.01. The number of anilines is 1. The second-order valence-corrected chi connectivity index (χ2v) is 5.59. The normalized spacial score (nSPS) is 10.5. The molecule has 22 heavy (non-hydrogen) atoms. The minimum absolute atomic E-state index is 0.172. The molecule has 1 heterocycles. The van der Waals surface area contributed by atoms with Crippen LogP contribution in [0.25, 0.3) is 11.4 Å². The third kappa shape index (κ3) is 3.23. The van der Waals surface area contributed by atoms with Gasteiger partial charge in [0.1, 0.15) is 0 Å². The zero-order valence-corrected chi connectivity index (χ0v) is 13.3. The number of benzene rings is 2. The van der Waals surface area contributed by atoms with Crippen LogP contribution in [0.3, 0.4) is 0 Å². The van der Waals surface area contributed by atoms with E-state index in [9.17, 15) is 4.79 Å². The monoisotopic (exact) mass is 357 g/mol. The second kappa shape index (κ2) is 6.11. The zero-order valence-electron chi connectivity index (χ0n) is 11.7. The zero-order chi connectivity index (χ0) is 15.5. The molecule has 0 aliphatic heterocycles. The van der Waals surface area contributed by atoms with Crippen molar-refractivity contribution in [1.29, 1.82) is 0 Å². The predicted molar refractivity (Wildman–Crippen MR) is 86.6 cm³/mol. The van der Waals surface area contributed by atoms with Crippen LogP contribution in [0.2, 0.25) is 0 Å². The largest absolute Gasteiger partial charge is 0.339 e. The highest BCUT2D eigenvalue weighted by molar-refractivity contribution is 9.10. The fourth-order valence-corrected chi connectivity index (χ4v) is 2.22. The van der Waals surface area contributed by atoms with E-state index >= 15 is 0 Å². The molecule has 0 saturated heterocycles. The Morgan fingerprint density at radius 1 is 1.18 bits per heavy atom. The number of carbonyl (C=O) groups excluding carboxylic acids is 1. The summed E-state index contributed by atoms with van der Waals surface area (Å²) in [6, 6.07) is 14.5. The van der Waals surface area contributed by atoms with Gasteiger partial charge in [0.2, 0.25) is 11.7 Å². The lowest BCUT2D eigenvalue weighted by Gasteiger charge is -2.06. The molecule has 0 aliphatic carbocycles. The summed E-state index contributed by atoms with van der Waals surface area (Å²) in [6.45, 7) is 1.73. The summed E-state index contributed by atoms with van der Waals surface area (Å²) >= 11 is 3.34. The number of halogens is 1. The summed E-state index contributed by atoms with van der Waals surface area (Å²) in [7, 11) is 0. The summed E-state index contributed by atoms with van der Waals surface area (Å²) in [5.74, 6) is 0.825. The highest BCUT2D eigenvalue weighted by Crippen LogP contribution is 2.20. The molecule has 0 spiro atoms. The molecule has 0 unspecified atom stereocenters. The molecular formula is C16H12BrN3O2. The van der Waals surface area contributed by atoms with Gasteiger partial charge in [-0.3, -0.25) is 4.79 Å². The molecule has 1 amide bonds. The van der Waals surface area contributed by atoms with Gasteiger partial charge in [-0.1, -0.05) is 33.2 Å². The fourth-order valence-electron chi connectivity index (χ4n) is 1.96. The first-order valence-corrected chi connectivity index (χ1v) is 7.39. The molecule has 3 rings (SSSR count). The van der Waals surface area contributed by atoms with Crippen molar-refractivity contribution in [1.82, 2.24) is 10.1 Å². The molecule has 1 aromatic heterocycles. The Bertz CT molecular complexity index is 812. The van der Waals surface area contributed by atoms with Crippen LogP contribution in [0.4, 0.5) is 5.69 Å². The van der Waals surface area contributed by atoms with Crippen molar-refractivity contribution in [2.45, 2.75) is 6.92 Å². The van der Waals surface area contributed by atoms with Crippen molar-refractivity contribution in [3.63, 3.8) is 0 Å². The van der Waals surface area contributed by atoms with Crippen LogP contribution in [-0.4, -0.2) is 16.0 Å². The van der Waals surface area contributed by atoms with Gasteiger partial charge in [0.25, 0.3) is 5.91 Å². The van der Waals surface area contributed by atoms with Crippen molar-refractivity contribution in [3.05, 3.63) is 64.5 Å². The highest BCUT2D eigenvalue weighted by atomic mass is 79.9. The maximum absolute atomic E-state index is 12.2. The predicted octanol–water partition coefficient (Wildman–Crippen LogP) is 4.06. The lowest BCUT2D eigenvalue weighted by atomic mass is 10.1. The SMILES string of the molecule is Cc1nc(-c2cccc(NC(=O)c3ccc(Br)cc3)c2)no1. The quantitative estimate of drug-likeness (QED) is 0.767. The highest BCUT2D eigenvalue weighted by Gasteiger charge is 2.09. The van der Waals surface area contributed by atoms with Crippen LogP contribution < -0.4 is 5.32 Å². The summed E-state index contributed by atoms with van der Waals surface area (Å²) in [4.78, 5) is 16.4. The number of nitrogens with zero attached hydrogens (tertiary/aromatic N) is 2. The van der Waals surface area contributed by atoms with Crippen molar-refractivity contribution in [2.24, 2.45) is 0 Å². The second-order valence-electron chi connectivity index (χ2n) is 4.68. The van der Waals surface area contributed by atoms with E-state index in [1.165, 1.54) is 0 Å². The number of hydrogen-bond acceptors (Lipinski definition) is 4. The van der Waals surface area contributed by atoms with E-state index < -0.39 is 0 Å². The molecule has 2 aromatic carbocycles. The van der Waals surface area contributed by atoms with Gasteiger partial charge in [0, 0.05) is 28.2 Å². The average molecular weight is 358 g/mol. The fraction of sp³-hybridized carbons (Fsp3) is 0.0625. The van der Waals surface area contributed by atoms with Crippen molar-refractivity contribution in [3.8, 4) is 11.4 Å². The molecule has 0 fully saturated rings. The maximum Gasteiger partial charge on any atom is 0.255 e. The Hall–Kier alpha value is -2.47. The van der Waals surface area contributed by atoms with Crippen LogP contribution >= 0.6 is 15.9 Å². The van der Waals surface area contributed by atoms with Gasteiger partial charge in [-0.05, 0) is 36.4 Å². The van der Waals surface area contributed by atoms with E-state index in [0.29, 0.717) is 23.0 Å². The molecule has 1 N–H and O–H groups in total. The lowest BCUT2D eigenvalue weighted by Crippen LogP contribution is -2.11. The van der Waals surface area contributed by atoms with Crippen molar-refractivity contribution < 1.29 is 9.32 Å². The maximum atomic E-state index is 12.2. The van der Waals surface area contributed by atoms with Gasteiger partial charge in [0.15, 0.2) is 0 Å². The van der Waals surface area contributed by atoms with E-state index in [4.69, 9.17) is 4.52 Å². The Labute approximate surface area is 135 Å². The van der Waals surface area contributed by atoms with Crippen LogP contribution in [0.15, 0.2) is 57.5 Å². The van der Waals surface area contributed by atoms with Crippen LogP contribution in [0, 0.1) is 6.92 Å². The first-order chi connectivity index (χ1) is 10.6. The van der Waals surface area contributed by atoms with Crippen LogP contribution in [-0.2, 0) is 0 Å². The molecule has 110 valence electrons. The number of rotatable bonds is 3. The Morgan fingerprint density at radius 3 is 2.64 bits per heavy atom. The molecule has 0 aliphatic rings. The van der Waals surface area contributed by atoms with E-state index in [0.717, 1.165) is 10.0 Å². The molecule has 0 radical (unpaired) electrons. The standard InChI is InChI=1S/C16H12BrN3O2/c1-10-18-15(20-22-10)12-3-2-4-14(9-12)19-16(21)11-5-7-13(17)8-6-11/h2-9H,1H3,(H,19,21). The molecule has 3 aromatic rings. The molecule has 0 bridgehead atoms. The van der Waals surface area contributed by atoms with E-state index in [-0.39, 0.29) is 5.91 Å². The molecular weight excluding hydrogens is 346 g/mol. The number of nitrogens with one attached hydrogen (secondary N) is 1. The number of aryl methyl sites for hydroxylation is 1. The summed E-state index contributed by atoms with van der Waals surface area (Å²) < 4.78 is 5.90. The topological polar surface area (TPSA) is 68.0 Å². The molecule has 5 nitrogen and oxygen atoms in total. The van der Waals surface area contributed by atoms with Gasteiger partial charge in [0.05, 0.1) is 0 Å². The summed E-state index contributed by atoms with van der Waals surface area (Å²) in [5.41, 5.74) is 2.04. The smallest absolute Gasteiger partial charge is 0.255 e. The Balaban J connectivity index is 1.81. The molecule has 0 saturated carbocycles. The van der Waals surface area contributed by atoms with Crippen LogP contribution in [0.1, 0.15) is 16.2 Å². The summed E-state index contributed by atoms with van der Waals surface area (Å²) in [6.07, 6.45) is 0. The number of aromatic nitrogens is 2. The van der Waals surface area contributed by atoms with E-state index in [2.05, 4.69) is 31.4 Å².